The maximum atomic E-state index is 13.5. The van der Waals surface area contributed by atoms with Crippen LogP contribution >= 0.6 is 0 Å². The van der Waals surface area contributed by atoms with Gasteiger partial charge in [0.15, 0.2) is 0 Å². The van der Waals surface area contributed by atoms with Crippen LogP contribution in [-0.2, 0) is 16.8 Å². The van der Waals surface area contributed by atoms with Crippen molar-refractivity contribution in [3.05, 3.63) is 114 Å². The number of benzene rings is 3. The first-order chi connectivity index (χ1) is 15.7. The molecule has 3 aromatic rings. The highest BCUT2D eigenvalue weighted by molar-refractivity contribution is 5.88. The van der Waals surface area contributed by atoms with Gasteiger partial charge in [0.25, 0.3) is 0 Å². The molecule has 164 valence electrons. The highest BCUT2D eigenvalue weighted by Crippen LogP contribution is 2.37. The van der Waals surface area contributed by atoms with Gasteiger partial charge in [0.05, 0.1) is 5.41 Å². The maximum Gasteiger partial charge on any atom is 0.231 e. The summed E-state index contributed by atoms with van der Waals surface area (Å²) in [4.78, 5) is 15.7. The molecule has 1 N–H and O–H groups in total. The number of amides is 1. The average Bonchev–Trinajstić information content (AvgIpc) is 2.87. The van der Waals surface area contributed by atoms with Gasteiger partial charge in [0.1, 0.15) is 12.4 Å². The Morgan fingerprint density at radius 1 is 0.875 bits per heavy atom. The molecule has 1 aliphatic heterocycles. The van der Waals surface area contributed by atoms with Crippen LogP contribution < -0.4 is 10.1 Å². The molecular formula is C28H30N2O2. The minimum Gasteiger partial charge on any atom is -0.487 e. The Morgan fingerprint density at radius 3 is 2.06 bits per heavy atom. The molecule has 0 radical (unpaired) electrons. The van der Waals surface area contributed by atoms with Crippen molar-refractivity contribution >= 4 is 5.91 Å². The largest absolute Gasteiger partial charge is 0.487 e. The molecule has 0 aliphatic carbocycles. The predicted molar refractivity (Wildman–Crippen MR) is 128 cm³/mol. The van der Waals surface area contributed by atoms with Gasteiger partial charge in [-0.3, -0.25) is 4.79 Å². The van der Waals surface area contributed by atoms with E-state index in [0.717, 1.165) is 48.5 Å². The number of hydrogen-bond donors (Lipinski definition) is 1. The van der Waals surface area contributed by atoms with Gasteiger partial charge in [-0.1, -0.05) is 85.4 Å². The van der Waals surface area contributed by atoms with Crippen molar-refractivity contribution in [1.29, 1.82) is 0 Å². The van der Waals surface area contributed by atoms with E-state index in [0.29, 0.717) is 13.2 Å². The molecule has 0 bridgehead atoms. The van der Waals surface area contributed by atoms with E-state index in [9.17, 15) is 4.79 Å². The molecule has 0 unspecified atom stereocenters. The van der Waals surface area contributed by atoms with Crippen LogP contribution in [0.25, 0.3) is 0 Å². The molecule has 0 aromatic heterocycles. The summed E-state index contributed by atoms with van der Waals surface area (Å²) in [6.07, 6.45) is 1.48. The zero-order valence-corrected chi connectivity index (χ0v) is 18.4. The standard InChI is InChI=1S/C28H30N2O2/c1-23(22-32-26-15-9-4-10-16-26)30-19-17-28(18-20-30,25-13-7-3-8-14-25)27(31)29-21-24-11-5-2-6-12-24/h2-16H,1,17-22H2,(H,29,31). The molecule has 0 atom stereocenters. The second kappa shape index (κ2) is 10.2. The normalized spacial score (nSPS) is 15.1. The SMILES string of the molecule is C=C(COc1ccccc1)N1CCC(C(=O)NCc2ccccc2)(c2ccccc2)CC1. The second-order valence-electron chi connectivity index (χ2n) is 8.27. The molecule has 4 rings (SSSR count). The number of para-hydroxylation sites is 1. The van der Waals surface area contributed by atoms with Crippen molar-refractivity contribution in [2.24, 2.45) is 0 Å². The van der Waals surface area contributed by atoms with Gasteiger partial charge in [-0.2, -0.15) is 0 Å². The number of carbonyl (C=O) groups is 1. The van der Waals surface area contributed by atoms with Gasteiger partial charge in [-0.05, 0) is 36.1 Å². The van der Waals surface area contributed by atoms with Crippen molar-refractivity contribution < 1.29 is 9.53 Å². The molecular weight excluding hydrogens is 396 g/mol. The van der Waals surface area contributed by atoms with Crippen molar-refractivity contribution in [1.82, 2.24) is 10.2 Å². The number of ether oxygens (including phenoxy) is 1. The Morgan fingerprint density at radius 2 is 1.44 bits per heavy atom. The van der Waals surface area contributed by atoms with Crippen molar-refractivity contribution in [2.45, 2.75) is 24.8 Å². The van der Waals surface area contributed by atoms with Crippen LogP contribution in [0.5, 0.6) is 5.75 Å². The third kappa shape index (κ3) is 5.02. The first-order valence-corrected chi connectivity index (χ1v) is 11.2. The van der Waals surface area contributed by atoms with Gasteiger partial charge < -0.3 is 15.0 Å². The minimum atomic E-state index is -0.535. The van der Waals surface area contributed by atoms with Gasteiger partial charge >= 0.3 is 0 Å². The smallest absolute Gasteiger partial charge is 0.231 e. The first kappa shape index (κ1) is 21.7. The highest BCUT2D eigenvalue weighted by atomic mass is 16.5. The molecule has 0 saturated carbocycles. The molecule has 1 heterocycles. The topological polar surface area (TPSA) is 41.6 Å². The molecule has 4 heteroatoms. The number of piperidine rings is 1. The molecule has 1 amide bonds. The molecule has 32 heavy (non-hydrogen) atoms. The molecule has 1 fully saturated rings. The maximum absolute atomic E-state index is 13.5. The number of hydrogen-bond acceptors (Lipinski definition) is 3. The van der Waals surface area contributed by atoms with Crippen LogP contribution in [0.4, 0.5) is 0 Å². The zero-order chi connectivity index (χ0) is 22.2. The van der Waals surface area contributed by atoms with Crippen LogP contribution in [0.15, 0.2) is 103 Å². The van der Waals surface area contributed by atoms with Crippen LogP contribution in [0.2, 0.25) is 0 Å². The van der Waals surface area contributed by atoms with Crippen LogP contribution in [-0.4, -0.2) is 30.5 Å². The van der Waals surface area contributed by atoms with Crippen molar-refractivity contribution in [3.8, 4) is 5.75 Å². The Kier molecular flexibility index (Phi) is 6.90. The summed E-state index contributed by atoms with van der Waals surface area (Å²) in [5.41, 5.74) is 2.59. The van der Waals surface area contributed by atoms with E-state index in [2.05, 4.69) is 28.9 Å². The van der Waals surface area contributed by atoms with E-state index in [-0.39, 0.29) is 5.91 Å². The summed E-state index contributed by atoms with van der Waals surface area (Å²) in [7, 11) is 0. The summed E-state index contributed by atoms with van der Waals surface area (Å²) in [6.45, 7) is 6.76. The lowest BCUT2D eigenvalue weighted by atomic mass is 9.72. The number of nitrogens with zero attached hydrogens (tertiary/aromatic N) is 1. The molecule has 1 saturated heterocycles. The van der Waals surface area contributed by atoms with Gasteiger partial charge in [0, 0.05) is 25.3 Å². The van der Waals surface area contributed by atoms with Gasteiger partial charge in [-0.15, -0.1) is 0 Å². The van der Waals surface area contributed by atoms with Crippen LogP contribution in [0, 0.1) is 0 Å². The summed E-state index contributed by atoms with van der Waals surface area (Å²) in [5.74, 6) is 0.933. The van der Waals surface area contributed by atoms with Crippen molar-refractivity contribution in [3.63, 3.8) is 0 Å². The number of rotatable bonds is 8. The zero-order valence-electron chi connectivity index (χ0n) is 18.4. The van der Waals surface area contributed by atoms with E-state index in [1.165, 1.54) is 0 Å². The Bertz CT molecular complexity index is 1010. The Labute approximate surface area is 190 Å². The monoisotopic (exact) mass is 426 g/mol. The average molecular weight is 427 g/mol. The quantitative estimate of drug-likeness (QED) is 0.555. The molecule has 4 nitrogen and oxygen atoms in total. The minimum absolute atomic E-state index is 0.0957. The number of carbonyl (C=O) groups excluding carboxylic acids is 1. The predicted octanol–water partition coefficient (Wildman–Crippen LogP) is 4.93. The van der Waals surface area contributed by atoms with Gasteiger partial charge in [-0.25, -0.2) is 0 Å². The van der Waals surface area contributed by atoms with E-state index in [4.69, 9.17) is 4.74 Å². The molecule has 3 aromatic carbocycles. The lowest BCUT2D eigenvalue weighted by Gasteiger charge is -2.42. The van der Waals surface area contributed by atoms with Crippen LogP contribution in [0.3, 0.4) is 0 Å². The van der Waals surface area contributed by atoms with E-state index in [1.807, 2.05) is 78.9 Å². The first-order valence-electron chi connectivity index (χ1n) is 11.2. The van der Waals surface area contributed by atoms with E-state index in [1.54, 1.807) is 0 Å². The van der Waals surface area contributed by atoms with E-state index < -0.39 is 5.41 Å². The Balaban J connectivity index is 1.42. The highest BCUT2D eigenvalue weighted by Gasteiger charge is 2.42. The molecule has 0 spiro atoms. The fraction of sp³-hybridized carbons (Fsp3) is 0.250. The summed E-state index contributed by atoms with van der Waals surface area (Å²) in [6, 6.07) is 30.0. The number of likely N-dealkylation sites (tertiary alicyclic amines) is 1. The fourth-order valence-corrected chi connectivity index (χ4v) is 4.33. The lowest BCUT2D eigenvalue weighted by Crippen LogP contribution is -2.51. The summed E-state index contributed by atoms with van der Waals surface area (Å²) in [5, 5.41) is 3.19. The third-order valence-electron chi connectivity index (χ3n) is 6.27. The van der Waals surface area contributed by atoms with Gasteiger partial charge in [0.2, 0.25) is 5.91 Å². The third-order valence-corrected chi connectivity index (χ3v) is 6.27. The summed E-state index contributed by atoms with van der Waals surface area (Å²) < 4.78 is 5.87. The van der Waals surface area contributed by atoms with Crippen molar-refractivity contribution in [2.75, 3.05) is 19.7 Å². The Hall–Kier alpha value is -3.53. The summed E-state index contributed by atoms with van der Waals surface area (Å²) >= 11 is 0. The second-order valence-corrected chi connectivity index (χ2v) is 8.27. The fourth-order valence-electron chi connectivity index (χ4n) is 4.33. The van der Waals surface area contributed by atoms with E-state index >= 15 is 0 Å². The molecule has 1 aliphatic rings. The lowest BCUT2D eigenvalue weighted by molar-refractivity contribution is -0.128. The van der Waals surface area contributed by atoms with Crippen LogP contribution in [0.1, 0.15) is 24.0 Å². The number of nitrogens with one attached hydrogen (secondary N) is 1.